The molecular weight excluding hydrogens is 366 g/mol. The van der Waals surface area contributed by atoms with Gasteiger partial charge in [0.25, 0.3) is 5.91 Å². The van der Waals surface area contributed by atoms with Crippen molar-refractivity contribution in [1.29, 1.82) is 0 Å². The average Bonchev–Trinajstić information content (AvgIpc) is 3.00. The number of nitrogens with zero attached hydrogens (tertiary/aromatic N) is 4. The van der Waals surface area contributed by atoms with Crippen molar-refractivity contribution in [2.45, 2.75) is 12.0 Å². The van der Waals surface area contributed by atoms with Crippen LogP contribution in [0.4, 0.5) is 0 Å². The monoisotopic (exact) mass is 385 g/mol. The van der Waals surface area contributed by atoms with Crippen molar-refractivity contribution in [2.24, 2.45) is 10.7 Å². The number of benzene rings is 2. The van der Waals surface area contributed by atoms with Crippen LogP contribution in [-0.4, -0.2) is 39.6 Å². The number of Topliss-reactive ketones (excluding diaryl/α,β-unsaturated/α-hetero) is 1. The van der Waals surface area contributed by atoms with Crippen molar-refractivity contribution in [1.82, 2.24) is 14.9 Å². The summed E-state index contributed by atoms with van der Waals surface area (Å²) in [5.74, 6) is -0.236. The van der Waals surface area contributed by atoms with Gasteiger partial charge in [-0.05, 0) is 16.7 Å². The molecule has 2 N–H and O–H groups in total. The fraction of sp³-hybridized carbons (Fsp3) is 0.136. The van der Waals surface area contributed by atoms with Gasteiger partial charge in [0, 0.05) is 25.9 Å². The zero-order chi connectivity index (χ0) is 20.4. The lowest BCUT2D eigenvalue weighted by molar-refractivity contribution is -0.129. The third-order valence-electron chi connectivity index (χ3n) is 4.99. The predicted molar refractivity (Wildman–Crippen MR) is 108 cm³/mol. The Kier molecular flexibility index (Phi) is 4.64. The van der Waals surface area contributed by atoms with E-state index in [1.54, 1.807) is 7.05 Å². The number of hydrogen-bond acceptors (Lipinski definition) is 6. The van der Waals surface area contributed by atoms with E-state index in [-0.39, 0.29) is 24.1 Å². The highest BCUT2D eigenvalue weighted by atomic mass is 16.2. The summed E-state index contributed by atoms with van der Waals surface area (Å²) in [5.41, 5.74) is 7.16. The molecule has 2 heterocycles. The molecule has 1 unspecified atom stereocenters. The Morgan fingerprint density at radius 3 is 2.48 bits per heavy atom. The summed E-state index contributed by atoms with van der Waals surface area (Å²) in [5, 5.41) is 0. The van der Waals surface area contributed by atoms with E-state index in [4.69, 9.17) is 5.73 Å². The van der Waals surface area contributed by atoms with Crippen LogP contribution >= 0.6 is 0 Å². The maximum atomic E-state index is 13.2. The second-order valence-electron chi connectivity index (χ2n) is 6.80. The van der Waals surface area contributed by atoms with Crippen LogP contribution in [0.15, 0.2) is 78.2 Å². The Balaban J connectivity index is 1.77. The Hall–Kier alpha value is -3.87. The number of ketones is 1. The molecule has 7 heteroatoms. The molecule has 1 aliphatic heterocycles. The van der Waals surface area contributed by atoms with Crippen molar-refractivity contribution >= 4 is 17.6 Å². The normalized spacial score (nSPS) is 18.6. The number of guanidine groups is 1. The van der Waals surface area contributed by atoms with E-state index in [0.717, 1.165) is 11.1 Å². The van der Waals surface area contributed by atoms with E-state index >= 15 is 0 Å². The number of amides is 1. The van der Waals surface area contributed by atoms with E-state index in [0.29, 0.717) is 11.3 Å². The fourth-order valence-corrected chi connectivity index (χ4v) is 3.49. The van der Waals surface area contributed by atoms with Gasteiger partial charge in [0.15, 0.2) is 17.3 Å². The Morgan fingerprint density at radius 2 is 1.83 bits per heavy atom. The molecule has 1 aromatic heterocycles. The largest absolute Gasteiger partial charge is 0.369 e. The Bertz CT molecular complexity index is 1100. The molecule has 1 atom stereocenters. The number of aliphatic imine (C=N–C) groups is 1. The average molecular weight is 385 g/mol. The third-order valence-corrected chi connectivity index (χ3v) is 4.99. The molecule has 1 amide bonds. The van der Waals surface area contributed by atoms with E-state index in [2.05, 4.69) is 15.0 Å². The standard InChI is InChI=1S/C22H19N5O2/c1-27-20(29)22(26-21(27)23,16-7-3-2-4-8-16)17-9-5-6-15(12-17)13-19(28)18-14-24-10-11-25-18/h2-12,14H,13H2,1H3,(H2,23,26). The summed E-state index contributed by atoms with van der Waals surface area (Å²) in [7, 11) is 1.60. The van der Waals surface area contributed by atoms with Gasteiger partial charge in [0.05, 0.1) is 6.20 Å². The van der Waals surface area contributed by atoms with Gasteiger partial charge in [-0.2, -0.15) is 0 Å². The van der Waals surface area contributed by atoms with Crippen molar-refractivity contribution in [3.63, 3.8) is 0 Å². The maximum Gasteiger partial charge on any atom is 0.266 e. The van der Waals surface area contributed by atoms with Crippen molar-refractivity contribution in [3.05, 3.63) is 95.6 Å². The summed E-state index contributed by atoms with van der Waals surface area (Å²) in [6.45, 7) is 0. The number of rotatable bonds is 5. The molecule has 7 nitrogen and oxygen atoms in total. The Labute approximate surface area is 167 Å². The number of nitrogens with two attached hydrogens (primary N) is 1. The molecule has 0 spiro atoms. The molecule has 29 heavy (non-hydrogen) atoms. The molecule has 0 saturated heterocycles. The number of hydrogen-bond donors (Lipinski definition) is 1. The van der Waals surface area contributed by atoms with Gasteiger partial charge in [0.2, 0.25) is 0 Å². The van der Waals surface area contributed by atoms with Gasteiger partial charge >= 0.3 is 0 Å². The van der Waals surface area contributed by atoms with Crippen LogP contribution in [0.5, 0.6) is 0 Å². The highest BCUT2D eigenvalue weighted by Crippen LogP contribution is 2.39. The number of carbonyl (C=O) groups is 2. The van der Waals surface area contributed by atoms with Crippen LogP contribution in [-0.2, 0) is 16.8 Å². The number of likely N-dealkylation sites (N-methyl/N-ethyl adjacent to an activating group) is 1. The number of aromatic nitrogens is 2. The van der Waals surface area contributed by atoms with Crippen LogP contribution in [0, 0.1) is 0 Å². The van der Waals surface area contributed by atoms with Gasteiger partial charge in [0.1, 0.15) is 5.69 Å². The first-order chi connectivity index (χ1) is 14.0. The minimum atomic E-state index is -1.27. The molecule has 0 aliphatic carbocycles. The first kappa shape index (κ1) is 18.5. The van der Waals surface area contributed by atoms with Crippen molar-refractivity contribution in [3.8, 4) is 0 Å². The summed E-state index contributed by atoms with van der Waals surface area (Å²) >= 11 is 0. The molecule has 3 aromatic rings. The molecule has 4 rings (SSSR count). The van der Waals surface area contributed by atoms with Crippen molar-refractivity contribution in [2.75, 3.05) is 7.05 Å². The van der Waals surface area contributed by atoms with Gasteiger partial charge in [-0.1, -0.05) is 54.6 Å². The number of carbonyl (C=O) groups excluding carboxylic acids is 2. The second-order valence-corrected chi connectivity index (χ2v) is 6.80. The summed E-state index contributed by atoms with van der Waals surface area (Å²) in [4.78, 5) is 39.7. The van der Waals surface area contributed by atoms with E-state index in [9.17, 15) is 9.59 Å². The van der Waals surface area contributed by atoms with Crippen LogP contribution < -0.4 is 5.73 Å². The van der Waals surface area contributed by atoms with E-state index in [1.807, 2.05) is 54.6 Å². The zero-order valence-corrected chi connectivity index (χ0v) is 15.8. The van der Waals surface area contributed by atoms with Crippen LogP contribution in [0.25, 0.3) is 0 Å². The molecule has 0 saturated carbocycles. The molecule has 1 aliphatic rings. The fourth-order valence-electron chi connectivity index (χ4n) is 3.49. The molecule has 0 bridgehead atoms. The van der Waals surface area contributed by atoms with Gasteiger partial charge in [-0.25, -0.2) is 9.98 Å². The van der Waals surface area contributed by atoms with Crippen LogP contribution in [0.3, 0.4) is 0 Å². The molecule has 2 aromatic carbocycles. The molecule has 0 fully saturated rings. The Morgan fingerprint density at radius 1 is 1.07 bits per heavy atom. The quantitative estimate of drug-likeness (QED) is 0.676. The zero-order valence-electron chi connectivity index (χ0n) is 15.8. The SMILES string of the molecule is CN1C(=O)C(c2ccccc2)(c2cccc(CC(=O)c3cnccn3)c2)N=C1N. The topological polar surface area (TPSA) is 102 Å². The predicted octanol–water partition coefficient (Wildman–Crippen LogP) is 1.93. The first-order valence-corrected chi connectivity index (χ1v) is 9.10. The van der Waals surface area contributed by atoms with Crippen LogP contribution in [0.2, 0.25) is 0 Å². The minimum Gasteiger partial charge on any atom is -0.369 e. The lowest BCUT2D eigenvalue weighted by atomic mass is 9.82. The smallest absolute Gasteiger partial charge is 0.266 e. The van der Waals surface area contributed by atoms with Gasteiger partial charge < -0.3 is 5.73 Å². The van der Waals surface area contributed by atoms with E-state index in [1.165, 1.54) is 23.5 Å². The second kappa shape index (κ2) is 7.27. The molecular formula is C22H19N5O2. The first-order valence-electron chi connectivity index (χ1n) is 9.10. The maximum absolute atomic E-state index is 13.2. The summed E-state index contributed by atoms with van der Waals surface area (Å²) in [6.07, 6.45) is 4.59. The van der Waals surface area contributed by atoms with Crippen LogP contribution in [0.1, 0.15) is 27.2 Å². The van der Waals surface area contributed by atoms with Gasteiger partial charge in [-0.15, -0.1) is 0 Å². The lowest BCUT2D eigenvalue weighted by Gasteiger charge is -2.26. The lowest BCUT2D eigenvalue weighted by Crippen LogP contribution is -2.41. The highest BCUT2D eigenvalue weighted by molar-refractivity contribution is 6.09. The third kappa shape index (κ3) is 3.16. The van der Waals surface area contributed by atoms with Crippen molar-refractivity contribution < 1.29 is 9.59 Å². The minimum absolute atomic E-state index is 0.140. The molecule has 144 valence electrons. The summed E-state index contributed by atoms with van der Waals surface area (Å²) < 4.78 is 0. The highest BCUT2D eigenvalue weighted by Gasteiger charge is 2.49. The summed E-state index contributed by atoms with van der Waals surface area (Å²) in [6, 6.07) is 16.6. The van der Waals surface area contributed by atoms with Gasteiger partial charge in [-0.3, -0.25) is 19.5 Å². The molecule has 0 radical (unpaired) electrons. The van der Waals surface area contributed by atoms with E-state index < -0.39 is 5.54 Å².